The molecule has 1 aromatic heterocycles. The molecule has 4 rings (SSSR count). The molecule has 0 spiro atoms. The van der Waals surface area contributed by atoms with Crippen molar-refractivity contribution >= 4 is 34.0 Å². The smallest absolute Gasteiger partial charge is 0.340 e. The van der Waals surface area contributed by atoms with Crippen molar-refractivity contribution in [1.82, 2.24) is 4.98 Å². The van der Waals surface area contributed by atoms with Crippen molar-refractivity contribution in [3.8, 4) is 0 Å². The molecule has 2 N–H and O–H groups in total. The zero-order valence-corrected chi connectivity index (χ0v) is 17.8. The summed E-state index contributed by atoms with van der Waals surface area (Å²) in [7, 11) is 0. The highest BCUT2D eigenvalue weighted by atomic mass is 16.5. The molecule has 0 bridgehead atoms. The van der Waals surface area contributed by atoms with Crippen LogP contribution in [0.1, 0.15) is 37.5 Å². The third-order valence-electron chi connectivity index (χ3n) is 5.53. The summed E-state index contributed by atoms with van der Waals surface area (Å²) in [5.41, 5.74) is 6.41. The number of para-hydroxylation sites is 2. The number of hydrogen-bond acceptors (Lipinski definition) is 4. The summed E-state index contributed by atoms with van der Waals surface area (Å²) in [4.78, 5) is 28.8. The fourth-order valence-corrected chi connectivity index (χ4v) is 3.72. The maximum Gasteiger partial charge on any atom is 0.340 e. The van der Waals surface area contributed by atoms with Crippen LogP contribution in [0.4, 0.5) is 11.4 Å². The molecule has 3 aromatic carbocycles. The van der Waals surface area contributed by atoms with E-state index in [2.05, 4.69) is 10.3 Å². The molecule has 156 valence electrons. The Labute approximate surface area is 181 Å². The Morgan fingerprint density at radius 3 is 2.42 bits per heavy atom. The van der Waals surface area contributed by atoms with Crippen molar-refractivity contribution in [2.75, 3.05) is 11.9 Å². The van der Waals surface area contributed by atoms with E-state index in [1.807, 2.05) is 75.4 Å². The summed E-state index contributed by atoms with van der Waals surface area (Å²) in [5.74, 6) is -0.775. The van der Waals surface area contributed by atoms with Gasteiger partial charge in [0.05, 0.1) is 11.3 Å². The van der Waals surface area contributed by atoms with Crippen LogP contribution in [0.5, 0.6) is 0 Å². The summed E-state index contributed by atoms with van der Waals surface area (Å²) < 4.78 is 5.41. The van der Waals surface area contributed by atoms with E-state index in [0.717, 1.165) is 33.4 Å². The van der Waals surface area contributed by atoms with E-state index in [1.54, 1.807) is 12.1 Å². The van der Waals surface area contributed by atoms with Crippen LogP contribution < -0.4 is 5.32 Å². The van der Waals surface area contributed by atoms with E-state index in [-0.39, 0.29) is 12.4 Å². The first-order valence-electron chi connectivity index (χ1n) is 10.2. The Hall–Kier alpha value is -3.86. The van der Waals surface area contributed by atoms with Crippen LogP contribution in [0.15, 0.2) is 66.7 Å². The van der Waals surface area contributed by atoms with Crippen molar-refractivity contribution in [2.45, 2.75) is 20.8 Å². The molecule has 0 aliphatic rings. The average molecular weight is 412 g/mol. The van der Waals surface area contributed by atoms with Gasteiger partial charge in [-0.05, 0) is 56.2 Å². The van der Waals surface area contributed by atoms with E-state index in [4.69, 9.17) is 4.74 Å². The van der Waals surface area contributed by atoms with Crippen LogP contribution in [0.3, 0.4) is 0 Å². The fourth-order valence-electron chi connectivity index (χ4n) is 3.72. The lowest BCUT2D eigenvalue weighted by Crippen LogP contribution is -2.16. The molecule has 1 heterocycles. The van der Waals surface area contributed by atoms with Crippen LogP contribution in [0.25, 0.3) is 10.9 Å². The summed E-state index contributed by atoms with van der Waals surface area (Å²) in [6, 6.07) is 20.7. The second-order valence-corrected chi connectivity index (χ2v) is 7.59. The molecule has 0 aliphatic heterocycles. The molecule has 0 radical (unpaired) electrons. The first-order valence-corrected chi connectivity index (χ1v) is 10.2. The van der Waals surface area contributed by atoms with Gasteiger partial charge in [0, 0.05) is 27.8 Å². The van der Waals surface area contributed by atoms with Crippen LogP contribution in [0, 0.1) is 20.8 Å². The lowest BCUT2D eigenvalue weighted by Gasteiger charge is -2.14. The van der Waals surface area contributed by atoms with Gasteiger partial charge in [-0.15, -0.1) is 0 Å². The lowest BCUT2D eigenvalue weighted by atomic mass is 10.1. The highest BCUT2D eigenvalue weighted by Gasteiger charge is 2.19. The van der Waals surface area contributed by atoms with Gasteiger partial charge in [0.1, 0.15) is 0 Å². The van der Waals surface area contributed by atoms with Gasteiger partial charge in [0.25, 0.3) is 0 Å². The van der Waals surface area contributed by atoms with Gasteiger partial charge in [-0.3, -0.25) is 4.79 Å². The number of esters is 1. The molecule has 0 unspecified atom stereocenters. The van der Waals surface area contributed by atoms with Crippen LogP contribution in [-0.2, 0) is 4.74 Å². The normalized spacial score (nSPS) is 10.8. The third kappa shape index (κ3) is 4.08. The van der Waals surface area contributed by atoms with Crippen molar-refractivity contribution in [2.24, 2.45) is 0 Å². The highest BCUT2D eigenvalue weighted by Crippen LogP contribution is 2.26. The number of hydrogen-bond donors (Lipinski definition) is 2. The number of ketones is 1. The molecule has 0 saturated carbocycles. The van der Waals surface area contributed by atoms with E-state index in [1.165, 1.54) is 0 Å². The minimum atomic E-state index is -0.542. The number of ether oxygens (including phenoxy) is 1. The van der Waals surface area contributed by atoms with E-state index in [9.17, 15) is 9.59 Å². The minimum Gasteiger partial charge on any atom is -0.454 e. The number of anilines is 2. The molecular weight excluding hydrogens is 388 g/mol. The highest BCUT2D eigenvalue weighted by molar-refractivity contribution is 6.10. The lowest BCUT2D eigenvalue weighted by molar-refractivity contribution is 0.0476. The minimum absolute atomic E-state index is 0.233. The van der Waals surface area contributed by atoms with Gasteiger partial charge in [-0.2, -0.15) is 0 Å². The number of nitrogens with one attached hydrogen (secondary N) is 2. The molecule has 0 fully saturated rings. The third-order valence-corrected chi connectivity index (χ3v) is 5.53. The summed E-state index contributed by atoms with van der Waals surface area (Å²) >= 11 is 0. The number of fused-ring (bicyclic) bond motifs is 1. The van der Waals surface area contributed by atoms with E-state index >= 15 is 0 Å². The predicted octanol–water partition coefficient (Wildman–Crippen LogP) is 5.88. The molecule has 0 saturated heterocycles. The largest absolute Gasteiger partial charge is 0.454 e. The second kappa shape index (κ2) is 8.48. The Balaban J connectivity index is 1.52. The molecule has 4 aromatic rings. The van der Waals surface area contributed by atoms with Gasteiger partial charge >= 0.3 is 5.97 Å². The van der Waals surface area contributed by atoms with Crippen LogP contribution >= 0.6 is 0 Å². The van der Waals surface area contributed by atoms with Gasteiger partial charge < -0.3 is 15.0 Å². The summed E-state index contributed by atoms with van der Waals surface area (Å²) in [6.07, 6.45) is 0. The first-order chi connectivity index (χ1) is 15.0. The van der Waals surface area contributed by atoms with Gasteiger partial charge in [0.15, 0.2) is 6.61 Å². The van der Waals surface area contributed by atoms with Gasteiger partial charge in [-0.25, -0.2) is 4.79 Å². The second-order valence-electron chi connectivity index (χ2n) is 7.59. The Morgan fingerprint density at radius 2 is 1.58 bits per heavy atom. The number of benzene rings is 3. The Morgan fingerprint density at radius 1 is 0.871 bits per heavy atom. The summed E-state index contributed by atoms with van der Waals surface area (Å²) in [5, 5.41) is 4.15. The molecule has 5 heteroatoms. The number of aromatic nitrogens is 1. The molecule has 5 nitrogen and oxygen atoms in total. The van der Waals surface area contributed by atoms with Crippen LogP contribution in [0.2, 0.25) is 0 Å². The van der Waals surface area contributed by atoms with E-state index < -0.39 is 5.97 Å². The zero-order valence-electron chi connectivity index (χ0n) is 17.8. The Kier molecular flexibility index (Phi) is 5.58. The quantitative estimate of drug-likeness (QED) is 0.307. The van der Waals surface area contributed by atoms with Crippen molar-refractivity contribution in [3.63, 3.8) is 0 Å². The number of rotatable bonds is 6. The summed E-state index contributed by atoms with van der Waals surface area (Å²) in [6.45, 7) is 5.59. The fraction of sp³-hybridized carbons (Fsp3) is 0.154. The number of carbonyl (C=O) groups excluding carboxylic acids is 2. The van der Waals surface area contributed by atoms with Gasteiger partial charge in [-0.1, -0.05) is 42.5 Å². The monoisotopic (exact) mass is 412 g/mol. The number of carbonyl (C=O) groups is 2. The molecular formula is C26H24N2O3. The average Bonchev–Trinajstić information content (AvgIpc) is 3.11. The molecule has 0 aliphatic carbocycles. The SMILES string of the molecule is Cc1cccc(Nc2ccccc2C(=O)OCC(=O)c2c(C)[nH]c3ccccc23)c1C. The number of aromatic amines is 1. The number of H-pyrrole nitrogens is 1. The first kappa shape index (κ1) is 20.4. The molecule has 0 amide bonds. The maximum atomic E-state index is 12.8. The van der Waals surface area contributed by atoms with Crippen molar-refractivity contribution in [3.05, 3.63) is 94.7 Å². The standard InChI is InChI=1S/C26H24N2O3/c1-16-9-8-14-21(17(16)2)28-23-13-7-5-11-20(23)26(30)31-15-24(29)25-18(3)27-22-12-6-4-10-19(22)25/h4-14,27-28H,15H2,1-3H3. The predicted molar refractivity (Wildman–Crippen MR) is 123 cm³/mol. The zero-order chi connectivity index (χ0) is 22.0. The molecule has 0 atom stereocenters. The van der Waals surface area contributed by atoms with Gasteiger partial charge in [0.2, 0.25) is 5.78 Å². The van der Waals surface area contributed by atoms with Crippen molar-refractivity contribution < 1.29 is 14.3 Å². The van der Waals surface area contributed by atoms with Crippen LogP contribution in [-0.4, -0.2) is 23.3 Å². The number of aryl methyl sites for hydroxylation is 2. The van der Waals surface area contributed by atoms with E-state index in [0.29, 0.717) is 16.8 Å². The maximum absolute atomic E-state index is 12.8. The van der Waals surface area contributed by atoms with Crippen molar-refractivity contribution in [1.29, 1.82) is 0 Å². The topological polar surface area (TPSA) is 71.2 Å². The number of Topliss-reactive ketones (excluding diaryl/α,β-unsaturated/α-hetero) is 1. The molecule has 31 heavy (non-hydrogen) atoms. The Bertz CT molecular complexity index is 1290.